The van der Waals surface area contributed by atoms with E-state index in [1.807, 2.05) is 6.07 Å². The normalized spacial score (nSPS) is 32.0. The van der Waals surface area contributed by atoms with Gasteiger partial charge in [-0.15, -0.1) is 0 Å². The van der Waals surface area contributed by atoms with E-state index in [2.05, 4.69) is 0 Å². The molecule has 2 atom stereocenters. The molecule has 2 aliphatic heterocycles. The van der Waals surface area contributed by atoms with Gasteiger partial charge in [-0.2, -0.15) is 5.26 Å². The van der Waals surface area contributed by atoms with E-state index < -0.39 is 25.9 Å². The van der Waals surface area contributed by atoms with Crippen molar-refractivity contribution in [3.8, 4) is 11.8 Å². The first-order valence-electron chi connectivity index (χ1n) is 8.01. The fourth-order valence-electron chi connectivity index (χ4n) is 3.76. The Hall–Kier alpha value is -1.58. The van der Waals surface area contributed by atoms with Crippen LogP contribution >= 0.6 is 0 Å². The quantitative estimate of drug-likeness (QED) is 0.853. The molecule has 2 aliphatic rings. The van der Waals surface area contributed by atoms with Gasteiger partial charge in [0.2, 0.25) is 0 Å². The molecule has 23 heavy (non-hydrogen) atoms. The number of fused-ring (bicyclic) bond motifs is 2. The molecular formula is C17H21NO4S. The van der Waals surface area contributed by atoms with Gasteiger partial charge in [-0.05, 0) is 43.4 Å². The summed E-state index contributed by atoms with van der Waals surface area (Å²) >= 11 is 0. The molecule has 2 fully saturated rings. The Balaban J connectivity index is 1.77. The fraction of sp³-hybridized carbons (Fsp3) is 0.588. The van der Waals surface area contributed by atoms with Crippen LogP contribution in [0.15, 0.2) is 24.3 Å². The fourth-order valence-corrected chi connectivity index (χ4v) is 6.31. The average Bonchev–Trinajstić information content (AvgIpc) is 2.50. The third kappa shape index (κ3) is 3.08. The second-order valence-corrected chi connectivity index (χ2v) is 9.00. The molecule has 6 heteroatoms. The molecule has 1 aromatic carbocycles. The van der Waals surface area contributed by atoms with Crippen LogP contribution in [0.3, 0.4) is 0 Å². The van der Waals surface area contributed by atoms with Crippen LogP contribution < -0.4 is 4.74 Å². The van der Waals surface area contributed by atoms with Crippen LogP contribution in [0.4, 0.5) is 0 Å². The van der Waals surface area contributed by atoms with Gasteiger partial charge in [-0.1, -0.05) is 18.6 Å². The van der Waals surface area contributed by atoms with E-state index in [1.54, 1.807) is 24.3 Å². The SMILES string of the molecule is N#CCCOc1ccc(C2(O)CC3CCCC(C2)S3(=O)=O)cc1. The number of rotatable bonds is 4. The number of ether oxygens (including phenoxy) is 1. The highest BCUT2D eigenvalue weighted by Crippen LogP contribution is 2.46. The summed E-state index contributed by atoms with van der Waals surface area (Å²) in [6.45, 7) is 0.336. The highest BCUT2D eigenvalue weighted by Gasteiger charge is 2.50. The predicted octanol–water partition coefficient (Wildman–Crippen LogP) is 2.30. The number of hydrogen-bond donors (Lipinski definition) is 1. The van der Waals surface area contributed by atoms with Crippen molar-refractivity contribution in [3.05, 3.63) is 29.8 Å². The Morgan fingerprint density at radius 2 is 1.83 bits per heavy atom. The molecule has 3 rings (SSSR count). The van der Waals surface area contributed by atoms with Crippen LogP contribution in [0.25, 0.3) is 0 Å². The lowest BCUT2D eigenvalue weighted by Gasteiger charge is -2.44. The molecule has 0 aliphatic carbocycles. The minimum Gasteiger partial charge on any atom is -0.493 e. The van der Waals surface area contributed by atoms with Crippen molar-refractivity contribution in [1.82, 2.24) is 0 Å². The van der Waals surface area contributed by atoms with Gasteiger partial charge < -0.3 is 9.84 Å². The smallest absolute Gasteiger partial charge is 0.156 e. The predicted molar refractivity (Wildman–Crippen MR) is 85.6 cm³/mol. The summed E-state index contributed by atoms with van der Waals surface area (Å²) in [4.78, 5) is 0. The van der Waals surface area contributed by atoms with Crippen molar-refractivity contribution in [3.63, 3.8) is 0 Å². The zero-order valence-corrected chi connectivity index (χ0v) is 13.8. The third-order valence-corrected chi connectivity index (χ3v) is 7.65. The van der Waals surface area contributed by atoms with E-state index in [9.17, 15) is 13.5 Å². The molecule has 124 valence electrons. The van der Waals surface area contributed by atoms with E-state index in [4.69, 9.17) is 10.00 Å². The summed E-state index contributed by atoms with van der Waals surface area (Å²) in [7, 11) is -3.08. The molecule has 0 radical (unpaired) electrons. The monoisotopic (exact) mass is 335 g/mol. The van der Waals surface area contributed by atoms with Crippen molar-refractivity contribution in [2.45, 2.75) is 54.6 Å². The van der Waals surface area contributed by atoms with Crippen LogP contribution in [0.2, 0.25) is 0 Å². The van der Waals surface area contributed by atoms with Gasteiger partial charge >= 0.3 is 0 Å². The lowest BCUT2D eigenvalue weighted by atomic mass is 9.80. The number of sulfone groups is 1. The summed E-state index contributed by atoms with van der Waals surface area (Å²) in [6, 6.07) is 9.15. The Morgan fingerprint density at radius 1 is 1.22 bits per heavy atom. The molecule has 0 saturated carbocycles. The van der Waals surface area contributed by atoms with Gasteiger partial charge in [0.05, 0.1) is 28.6 Å². The molecule has 2 saturated heterocycles. The van der Waals surface area contributed by atoms with E-state index in [0.29, 0.717) is 31.6 Å². The van der Waals surface area contributed by atoms with Crippen molar-refractivity contribution < 1.29 is 18.3 Å². The van der Waals surface area contributed by atoms with Crippen LogP contribution in [-0.2, 0) is 15.4 Å². The maximum atomic E-state index is 12.4. The van der Waals surface area contributed by atoms with Gasteiger partial charge in [0, 0.05) is 0 Å². The Bertz CT molecular complexity index is 685. The zero-order chi connectivity index (χ0) is 16.5. The largest absolute Gasteiger partial charge is 0.493 e. The van der Waals surface area contributed by atoms with Crippen LogP contribution in [0.5, 0.6) is 5.75 Å². The Morgan fingerprint density at radius 3 is 2.39 bits per heavy atom. The number of aliphatic hydroxyl groups is 1. The highest BCUT2D eigenvalue weighted by molar-refractivity contribution is 7.92. The third-order valence-electron chi connectivity index (χ3n) is 4.99. The minimum atomic E-state index is -3.08. The van der Waals surface area contributed by atoms with E-state index in [0.717, 1.165) is 12.0 Å². The topological polar surface area (TPSA) is 87.4 Å². The van der Waals surface area contributed by atoms with E-state index in [1.165, 1.54) is 0 Å². The molecule has 0 amide bonds. The number of hydrogen-bond acceptors (Lipinski definition) is 5. The first-order valence-corrected chi connectivity index (χ1v) is 9.62. The van der Waals surface area contributed by atoms with Gasteiger partial charge in [-0.3, -0.25) is 0 Å². The summed E-state index contributed by atoms with van der Waals surface area (Å²) in [5.41, 5.74) is -0.330. The van der Waals surface area contributed by atoms with Crippen molar-refractivity contribution in [1.29, 1.82) is 5.26 Å². The van der Waals surface area contributed by atoms with Crippen LogP contribution in [0, 0.1) is 11.3 Å². The molecular weight excluding hydrogens is 314 g/mol. The number of nitriles is 1. The van der Waals surface area contributed by atoms with E-state index >= 15 is 0 Å². The van der Waals surface area contributed by atoms with Crippen LogP contribution in [0.1, 0.15) is 44.1 Å². The van der Waals surface area contributed by atoms with Crippen molar-refractivity contribution in [2.24, 2.45) is 0 Å². The molecule has 1 aromatic rings. The lowest BCUT2D eigenvalue weighted by molar-refractivity contribution is 0.00497. The summed E-state index contributed by atoms with van der Waals surface area (Å²) in [5.74, 6) is 0.649. The Kier molecular flexibility index (Phi) is 4.35. The maximum absolute atomic E-state index is 12.4. The molecule has 0 aromatic heterocycles. The first-order chi connectivity index (χ1) is 11.0. The maximum Gasteiger partial charge on any atom is 0.156 e. The van der Waals surface area contributed by atoms with Gasteiger partial charge in [0.1, 0.15) is 12.4 Å². The molecule has 2 bridgehead atoms. The first kappa shape index (κ1) is 16.3. The van der Waals surface area contributed by atoms with Crippen molar-refractivity contribution in [2.75, 3.05) is 6.61 Å². The molecule has 0 spiro atoms. The highest BCUT2D eigenvalue weighted by atomic mass is 32.2. The summed E-state index contributed by atoms with van der Waals surface area (Å²) in [6.07, 6.45) is 3.11. The summed E-state index contributed by atoms with van der Waals surface area (Å²) < 4.78 is 30.1. The zero-order valence-electron chi connectivity index (χ0n) is 12.9. The number of benzene rings is 1. The molecule has 2 unspecified atom stereocenters. The molecule has 2 heterocycles. The number of nitrogens with zero attached hydrogens (tertiary/aromatic N) is 1. The lowest BCUT2D eigenvalue weighted by Crippen LogP contribution is -2.50. The van der Waals surface area contributed by atoms with Gasteiger partial charge in [0.15, 0.2) is 9.84 Å². The van der Waals surface area contributed by atoms with Crippen molar-refractivity contribution >= 4 is 9.84 Å². The van der Waals surface area contributed by atoms with E-state index in [-0.39, 0.29) is 12.8 Å². The minimum absolute atomic E-state index is 0.278. The standard InChI is InChI=1S/C17H21NO4S/c18-9-2-10-22-14-7-5-13(6-8-14)17(19)11-15-3-1-4-16(12-17)23(15,20)21/h5-8,15-16,19H,1-4,10-12H2. The molecule has 1 N–H and O–H groups in total. The Labute approximate surface area is 136 Å². The van der Waals surface area contributed by atoms with Gasteiger partial charge in [0.25, 0.3) is 0 Å². The summed E-state index contributed by atoms with van der Waals surface area (Å²) in [5, 5.41) is 18.7. The molecule has 5 nitrogen and oxygen atoms in total. The average molecular weight is 335 g/mol. The second-order valence-electron chi connectivity index (χ2n) is 6.48. The second kappa shape index (κ2) is 6.14. The van der Waals surface area contributed by atoms with Gasteiger partial charge in [-0.25, -0.2) is 8.42 Å². The van der Waals surface area contributed by atoms with Crippen LogP contribution in [-0.4, -0.2) is 30.6 Å².